The fourth-order valence-corrected chi connectivity index (χ4v) is 4.31. The highest BCUT2D eigenvalue weighted by Crippen LogP contribution is 2.46. The van der Waals surface area contributed by atoms with E-state index < -0.39 is 6.36 Å². The Morgan fingerprint density at radius 2 is 2.00 bits per heavy atom. The number of nitrogens with two attached hydrogens (primary N) is 1. The summed E-state index contributed by atoms with van der Waals surface area (Å²) in [6, 6.07) is 4.47. The Labute approximate surface area is 150 Å². The van der Waals surface area contributed by atoms with E-state index in [2.05, 4.69) is 30.8 Å². The van der Waals surface area contributed by atoms with E-state index >= 15 is 0 Å². The lowest BCUT2D eigenvalue weighted by Crippen LogP contribution is -2.42. The van der Waals surface area contributed by atoms with Crippen LogP contribution in [0, 0.1) is 10.8 Å². The minimum absolute atomic E-state index is 0.0265. The highest BCUT2D eigenvalue weighted by Gasteiger charge is 2.40. The molecule has 1 aliphatic carbocycles. The minimum Gasteiger partial charge on any atom is -0.404 e. The smallest absolute Gasteiger partial charge is 0.404 e. The van der Waals surface area contributed by atoms with E-state index in [1.165, 1.54) is 12.1 Å². The monoisotopic (exact) mass is 378 g/mol. The topological polar surface area (TPSA) is 67.5 Å². The second-order valence-electron chi connectivity index (χ2n) is 7.89. The van der Waals surface area contributed by atoms with E-state index in [9.17, 15) is 18.3 Å². The molecule has 142 valence electrons. The van der Waals surface area contributed by atoms with Gasteiger partial charge >= 0.3 is 6.36 Å². The summed E-state index contributed by atoms with van der Waals surface area (Å²) in [6.07, 6.45) is -2.80. The van der Waals surface area contributed by atoms with E-state index in [1.54, 1.807) is 6.07 Å². The predicted molar refractivity (Wildman–Crippen MR) is 93.4 cm³/mol. The van der Waals surface area contributed by atoms with E-state index in [4.69, 9.17) is 5.14 Å². The second-order valence-corrected chi connectivity index (χ2v) is 8.57. The number of anilines is 1. The highest BCUT2D eigenvalue weighted by atomic mass is 32.2. The Kier molecular flexibility index (Phi) is 5.85. The summed E-state index contributed by atoms with van der Waals surface area (Å²) in [6.45, 7) is 6.88. The number of aliphatic hydroxyl groups excluding tert-OH is 1. The first-order valence-electron chi connectivity index (χ1n) is 8.10. The zero-order valence-corrected chi connectivity index (χ0v) is 15.4. The van der Waals surface area contributed by atoms with Crippen molar-refractivity contribution in [2.45, 2.75) is 57.4 Å². The number of hydrogen-bond acceptors (Lipinski definition) is 5. The maximum Gasteiger partial charge on any atom is 0.573 e. The molecule has 1 aromatic rings. The first-order chi connectivity index (χ1) is 11.4. The van der Waals surface area contributed by atoms with Crippen LogP contribution in [0.15, 0.2) is 23.1 Å². The van der Waals surface area contributed by atoms with Crippen molar-refractivity contribution < 1.29 is 23.0 Å². The van der Waals surface area contributed by atoms with E-state index in [0.29, 0.717) is 30.6 Å². The molecule has 4 nitrogen and oxygen atoms in total. The van der Waals surface area contributed by atoms with Crippen LogP contribution in [-0.4, -0.2) is 24.1 Å². The van der Waals surface area contributed by atoms with Gasteiger partial charge in [-0.25, -0.2) is 0 Å². The lowest BCUT2D eigenvalue weighted by atomic mass is 9.63. The molecular weight excluding hydrogens is 353 g/mol. The van der Waals surface area contributed by atoms with Crippen LogP contribution in [0.2, 0.25) is 0 Å². The van der Waals surface area contributed by atoms with Gasteiger partial charge in [-0.3, -0.25) is 5.14 Å². The Hall–Kier alpha value is -1.12. The molecule has 0 bridgehead atoms. The molecule has 4 N–H and O–H groups in total. The maximum atomic E-state index is 12.5. The third-order valence-corrected chi connectivity index (χ3v) is 5.03. The molecule has 8 heteroatoms. The third-order valence-electron chi connectivity index (χ3n) is 4.44. The van der Waals surface area contributed by atoms with Gasteiger partial charge in [0.15, 0.2) is 0 Å². The maximum absolute atomic E-state index is 12.5. The molecule has 25 heavy (non-hydrogen) atoms. The van der Waals surface area contributed by atoms with Crippen LogP contribution in [0.25, 0.3) is 0 Å². The van der Waals surface area contributed by atoms with Gasteiger partial charge in [-0.1, -0.05) is 20.8 Å². The molecule has 2 unspecified atom stereocenters. The molecule has 0 amide bonds. The lowest BCUT2D eigenvalue weighted by Gasteiger charge is -2.45. The molecule has 2 rings (SSSR count). The van der Waals surface area contributed by atoms with Crippen molar-refractivity contribution >= 4 is 17.6 Å². The highest BCUT2D eigenvalue weighted by molar-refractivity contribution is 7.97. The van der Waals surface area contributed by atoms with Gasteiger partial charge in [-0.15, -0.1) is 13.2 Å². The first-order valence-corrected chi connectivity index (χ1v) is 8.98. The molecule has 0 aromatic heterocycles. The van der Waals surface area contributed by atoms with Crippen molar-refractivity contribution in [3.63, 3.8) is 0 Å². The lowest BCUT2D eigenvalue weighted by molar-refractivity contribution is -0.275. The number of rotatable bonds is 5. The van der Waals surface area contributed by atoms with Crippen LogP contribution in [0.4, 0.5) is 18.9 Å². The predicted octanol–water partition coefficient (Wildman–Crippen LogP) is 4.54. The van der Waals surface area contributed by atoms with Crippen LogP contribution in [-0.2, 0) is 0 Å². The summed E-state index contributed by atoms with van der Waals surface area (Å²) < 4.78 is 41.7. The number of alkyl halides is 3. The van der Waals surface area contributed by atoms with Crippen molar-refractivity contribution in [3.05, 3.63) is 18.2 Å². The average Bonchev–Trinajstić information content (AvgIpc) is 2.41. The quantitative estimate of drug-likeness (QED) is 0.657. The number of ether oxygens (including phenoxy) is 1. The number of aliphatic hydroxyl groups is 1. The molecule has 0 spiro atoms. The normalized spacial score (nSPS) is 26.3. The summed E-state index contributed by atoms with van der Waals surface area (Å²) in [5, 5.41) is 18.7. The van der Waals surface area contributed by atoms with Crippen molar-refractivity contribution in [2.24, 2.45) is 16.0 Å². The average molecular weight is 378 g/mol. The molecule has 2 atom stereocenters. The van der Waals surface area contributed by atoms with Crippen molar-refractivity contribution in [1.29, 1.82) is 0 Å². The number of halogens is 3. The van der Waals surface area contributed by atoms with Gasteiger partial charge in [0.1, 0.15) is 5.75 Å². The zero-order valence-electron chi connectivity index (χ0n) is 14.6. The number of hydrogen-bond donors (Lipinski definition) is 3. The Morgan fingerprint density at radius 1 is 1.32 bits per heavy atom. The summed E-state index contributed by atoms with van der Waals surface area (Å²) in [5.41, 5.74) is 0.405. The van der Waals surface area contributed by atoms with Crippen LogP contribution in [0.1, 0.15) is 40.0 Å². The van der Waals surface area contributed by atoms with Gasteiger partial charge in [0.05, 0.1) is 11.0 Å². The van der Waals surface area contributed by atoms with Crippen LogP contribution >= 0.6 is 11.9 Å². The molecule has 1 aromatic carbocycles. The molecule has 0 heterocycles. The SMILES string of the molecule is CC1(C)CC(O)CC(C)(CNc2ccc(SN)c(OC(F)(F)F)c2)C1. The van der Waals surface area contributed by atoms with Crippen LogP contribution in [0.5, 0.6) is 5.75 Å². The first kappa shape index (κ1) is 20.2. The Morgan fingerprint density at radius 3 is 2.56 bits per heavy atom. The standard InChI is InChI=1S/C17H25F3N2O2S/c1-15(2)7-12(23)8-16(3,9-15)10-22-11-4-5-14(25-21)13(6-11)24-17(18,19)20/h4-6,12,22-23H,7-10,21H2,1-3H3. The summed E-state index contributed by atoms with van der Waals surface area (Å²) in [4.78, 5) is 0.211. The van der Waals surface area contributed by atoms with Crippen molar-refractivity contribution in [1.82, 2.24) is 0 Å². The molecule has 0 saturated heterocycles. The minimum atomic E-state index is -4.77. The van der Waals surface area contributed by atoms with Gasteiger partial charge in [-0.2, -0.15) is 0 Å². The zero-order chi connectivity index (χ0) is 18.9. The third kappa shape index (κ3) is 5.97. The molecule has 0 radical (unpaired) electrons. The van der Waals surface area contributed by atoms with Gasteiger partial charge in [0.2, 0.25) is 0 Å². The molecule has 1 saturated carbocycles. The molecule has 1 fully saturated rings. The van der Waals surface area contributed by atoms with Crippen LogP contribution in [0.3, 0.4) is 0 Å². The summed E-state index contributed by atoms with van der Waals surface area (Å²) in [5.74, 6) is -0.320. The Bertz CT molecular complexity index is 610. The molecule has 0 aliphatic heterocycles. The van der Waals surface area contributed by atoms with Crippen molar-refractivity contribution in [2.75, 3.05) is 11.9 Å². The molecular formula is C17H25F3N2O2S. The van der Waals surface area contributed by atoms with Gasteiger partial charge in [-0.05, 0) is 54.2 Å². The number of nitrogens with one attached hydrogen (secondary N) is 1. The van der Waals surface area contributed by atoms with E-state index in [1.807, 2.05) is 0 Å². The number of benzene rings is 1. The largest absolute Gasteiger partial charge is 0.573 e. The fourth-order valence-electron chi connectivity index (χ4n) is 3.95. The second kappa shape index (κ2) is 7.25. The van der Waals surface area contributed by atoms with E-state index in [-0.39, 0.29) is 27.6 Å². The van der Waals surface area contributed by atoms with Crippen LogP contribution < -0.4 is 15.2 Å². The molecule has 1 aliphatic rings. The van der Waals surface area contributed by atoms with E-state index in [0.717, 1.165) is 12.8 Å². The van der Waals surface area contributed by atoms with Gasteiger partial charge < -0.3 is 15.2 Å². The van der Waals surface area contributed by atoms with Gasteiger partial charge in [0.25, 0.3) is 0 Å². The summed E-state index contributed by atoms with van der Waals surface area (Å²) >= 11 is 0.704. The van der Waals surface area contributed by atoms with Crippen molar-refractivity contribution in [3.8, 4) is 5.75 Å². The Balaban J connectivity index is 2.11. The fraction of sp³-hybridized carbons (Fsp3) is 0.647. The summed E-state index contributed by atoms with van der Waals surface area (Å²) in [7, 11) is 0. The van der Waals surface area contributed by atoms with Gasteiger partial charge in [0, 0.05) is 18.3 Å².